The average Bonchev–Trinajstić information content (AvgIpc) is 3.31. The molecule has 0 radical (unpaired) electrons. The van der Waals surface area contributed by atoms with E-state index in [1.807, 2.05) is 30.3 Å². The van der Waals surface area contributed by atoms with Crippen LogP contribution in [0.3, 0.4) is 0 Å². The van der Waals surface area contributed by atoms with Crippen LogP contribution in [0.25, 0.3) is 11.4 Å². The van der Waals surface area contributed by atoms with Gasteiger partial charge in [0, 0.05) is 12.0 Å². The van der Waals surface area contributed by atoms with Gasteiger partial charge in [-0.25, -0.2) is 0 Å². The molecule has 0 atom stereocenters. The molecular weight excluding hydrogens is 320 g/mol. The van der Waals surface area contributed by atoms with Crippen LogP contribution in [-0.4, -0.2) is 32.0 Å². The molecule has 8 nitrogen and oxygen atoms in total. The predicted molar refractivity (Wildman–Crippen MR) is 90.7 cm³/mol. The summed E-state index contributed by atoms with van der Waals surface area (Å²) < 4.78 is 0. The quantitative estimate of drug-likeness (QED) is 0.774. The molecule has 3 rings (SSSR count). The summed E-state index contributed by atoms with van der Waals surface area (Å²) in [6.45, 7) is -0.108. The first-order chi connectivity index (χ1) is 12.2. The zero-order chi connectivity index (χ0) is 17.5. The fraction of sp³-hybridized carbons (Fsp3) is 0.471. The molecular formula is C17H22N6O2. The van der Waals surface area contributed by atoms with Crippen LogP contribution in [0.5, 0.6) is 0 Å². The molecule has 0 aliphatic heterocycles. The lowest BCUT2D eigenvalue weighted by Crippen LogP contribution is -2.43. The van der Waals surface area contributed by atoms with Gasteiger partial charge >= 0.3 is 0 Å². The topological polar surface area (TPSA) is 102 Å². The number of hydrogen-bond donors (Lipinski definition) is 2. The van der Waals surface area contributed by atoms with E-state index in [0.717, 1.165) is 12.0 Å². The monoisotopic (exact) mass is 342 g/mol. The number of hydrogen-bond acceptors (Lipinski definition) is 5. The first-order valence-corrected chi connectivity index (χ1v) is 8.61. The van der Waals surface area contributed by atoms with Gasteiger partial charge in [0.1, 0.15) is 6.54 Å². The third-order valence-corrected chi connectivity index (χ3v) is 4.37. The second-order valence-electron chi connectivity index (χ2n) is 6.29. The van der Waals surface area contributed by atoms with Gasteiger partial charge in [0.15, 0.2) is 0 Å². The van der Waals surface area contributed by atoms with E-state index in [1.165, 1.54) is 30.5 Å². The molecule has 2 N–H and O–H groups in total. The van der Waals surface area contributed by atoms with Crippen molar-refractivity contribution in [3.05, 3.63) is 30.3 Å². The van der Waals surface area contributed by atoms with Crippen LogP contribution < -0.4 is 10.9 Å². The van der Waals surface area contributed by atoms with Crippen molar-refractivity contribution < 1.29 is 9.59 Å². The highest BCUT2D eigenvalue weighted by atomic mass is 16.2. The Kier molecular flexibility index (Phi) is 5.71. The Morgan fingerprint density at radius 1 is 1.08 bits per heavy atom. The summed E-state index contributed by atoms with van der Waals surface area (Å²) in [4.78, 5) is 24.8. The van der Waals surface area contributed by atoms with Crippen molar-refractivity contribution in [1.82, 2.24) is 31.1 Å². The van der Waals surface area contributed by atoms with E-state index in [2.05, 4.69) is 26.3 Å². The summed E-state index contributed by atoms with van der Waals surface area (Å²) in [5, 5.41) is 11.9. The SMILES string of the molecule is O=C(CCC1CCCC1)NNC(=O)Cn1nnc(-c2ccccc2)n1. The number of benzene rings is 1. The number of hydrazine groups is 1. The fourth-order valence-electron chi connectivity index (χ4n) is 3.02. The Balaban J connectivity index is 1.40. The maximum atomic E-state index is 11.9. The molecule has 2 aromatic rings. The molecule has 1 fully saturated rings. The number of carbonyl (C=O) groups excluding carboxylic acids is 2. The fourth-order valence-corrected chi connectivity index (χ4v) is 3.02. The average molecular weight is 342 g/mol. The zero-order valence-corrected chi connectivity index (χ0v) is 14.0. The van der Waals surface area contributed by atoms with Gasteiger partial charge in [-0.15, -0.1) is 10.2 Å². The Labute approximate surface area is 146 Å². The third kappa shape index (κ3) is 5.10. The number of amides is 2. The molecule has 0 spiro atoms. The van der Waals surface area contributed by atoms with E-state index in [4.69, 9.17) is 0 Å². The second kappa shape index (κ2) is 8.36. The van der Waals surface area contributed by atoms with Gasteiger partial charge in [0.2, 0.25) is 11.7 Å². The third-order valence-electron chi connectivity index (χ3n) is 4.37. The first kappa shape index (κ1) is 17.1. The number of nitrogens with one attached hydrogen (secondary N) is 2. The summed E-state index contributed by atoms with van der Waals surface area (Å²) in [7, 11) is 0. The van der Waals surface area contributed by atoms with Crippen molar-refractivity contribution in [2.45, 2.75) is 45.1 Å². The maximum absolute atomic E-state index is 11.9. The highest BCUT2D eigenvalue weighted by molar-refractivity contribution is 5.81. The number of carbonyl (C=O) groups is 2. The van der Waals surface area contributed by atoms with Crippen molar-refractivity contribution in [2.75, 3.05) is 0 Å². The predicted octanol–water partition coefficient (Wildman–Crippen LogP) is 1.46. The second-order valence-corrected chi connectivity index (χ2v) is 6.29. The van der Waals surface area contributed by atoms with Gasteiger partial charge in [-0.1, -0.05) is 56.0 Å². The maximum Gasteiger partial charge on any atom is 0.262 e. The van der Waals surface area contributed by atoms with E-state index in [0.29, 0.717) is 18.2 Å². The molecule has 1 aliphatic rings. The molecule has 25 heavy (non-hydrogen) atoms. The molecule has 0 saturated heterocycles. The van der Waals surface area contributed by atoms with E-state index in [1.54, 1.807) is 0 Å². The van der Waals surface area contributed by atoms with Crippen molar-refractivity contribution in [3.8, 4) is 11.4 Å². The van der Waals surface area contributed by atoms with Crippen LogP contribution >= 0.6 is 0 Å². The minimum atomic E-state index is -0.397. The molecule has 1 aromatic carbocycles. The number of nitrogens with zero attached hydrogens (tertiary/aromatic N) is 4. The standard InChI is InChI=1S/C17H22N6O2/c24-15(11-10-13-6-4-5-7-13)18-19-16(25)12-23-21-17(20-22-23)14-8-2-1-3-9-14/h1-3,8-9,13H,4-7,10-12H2,(H,18,24)(H,19,25). The smallest absolute Gasteiger partial charge is 0.262 e. The van der Waals surface area contributed by atoms with Gasteiger partial charge in [-0.2, -0.15) is 4.80 Å². The minimum Gasteiger partial charge on any atom is -0.273 e. The number of rotatable bonds is 6. The van der Waals surface area contributed by atoms with Gasteiger partial charge in [-0.3, -0.25) is 20.4 Å². The van der Waals surface area contributed by atoms with E-state index in [9.17, 15) is 9.59 Å². The van der Waals surface area contributed by atoms with Gasteiger partial charge in [-0.05, 0) is 17.6 Å². The van der Waals surface area contributed by atoms with Crippen molar-refractivity contribution in [3.63, 3.8) is 0 Å². The molecule has 132 valence electrons. The summed E-state index contributed by atoms with van der Waals surface area (Å²) in [6, 6.07) is 9.39. The normalized spacial score (nSPS) is 14.4. The van der Waals surface area contributed by atoms with E-state index in [-0.39, 0.29) is 12.5 Å². The van der Waals surface area contributed by atoms with Gasteiger partial charge < -0.3 is 0 Å². The van der Waals surface area contributed by atoms with Crippen LogP contribution in [-0.2, 0) is 16.1 Å². The van der Waals surface area contributed by atoms with Crippen LogP contribution in [0.1, 0.15) is 38.5 Å². The Bertz CT molecular complexity index is 709. The Morgan fingerprint density at radius 3 is 2.56 bits per heavy atom. The summed E-state index contributed by atoms with van der Waals surface area (Å²) in [5.41, 5.74) is 5.65. The Hall–Kier alpha value is -2.77. The zero-order valence-electron chi connectivity index (χ0n) is 14.0. The lowest BCUT2D eigenvalue weighted by molar-refractivity contribution is -0.129. The lowest BCUT2D eigenvalue weighted by atomic mass is 10.0. The summed E-state index contributed by atoms with van der Waals surface area (Å²) in [6.07, 6.45) is 6.26. The molecule has 1 aliphatic carbocycles. The molecule has 1 heterocycles. The van der Waals surface area contributed by atoms with Crippen molar-refractivity contribution >= 4 is 11.8 Å². The molecule has 1 aromatic heterocycles. The molecule has 0 unspecified atom stereocenters. The molecule has 2 amide bonds. The molecule has 8 heteroatoms. The van der Waals surface area contributed by atoms with Crippen LogP contribution in [0.15, 0.2) is 30.3 Å². The van der Waals surface area contributed by atoms with Gasteiger partial charge in [0.05, 0.1) is 0 Å². The van der Waals surface area contributed by atoms with Crippen LogP contribution in [0.2, 0.25) is 0 Å². The van der Waals surface area contributed by atoms with E-state index < -0.39 is 5.91 Å². The largest absolute Gasteiger partial charge is 0.273 e. The van der Waals surface area contributed by atoms with Crippen molar-refractivity contribution in [2.24, 2.45) is 5.92 Å². The summed E-state index contributed by atoms with van der Waals surface area (Å²) in [5.74, 6) is 0.536. The van der Waals surface area contributed by atoms with Gasteiger partial charge in [0.25, 0.3) is 5.91 Å². The lowest BCUT2D eigenvalue weighted by Gasteiger charge is -2.09. The number of tetrazole rings is 1. The van der Waals surface area contributed by atoms with Crippen LogP contribution in [0, 0.1) is 5.92 Å². The van der Waals surface area contributed by atoms with Crippen LogP contribution in [0.4, 0.5) is 0 Å². The highest BCUT2D eigenvalue weighted by Crippen LogP contribution is 2.28. The minimum absolute atomic E-state index is 0.108. The van der Waals surface area contributed by atoms with E-state index >= 15 is 0 Å². The highest BCUT2D eigenvalue weighted by Gasteiger charge is 2.16. The number of aromatic nitrogens is 4. The Morgan fingerprint density at radius 2 is 1.80 bits per heavy atom. The summed E-state index contributed by atoms with van der Waals surface area (Å²) >= 11 is 0. The van der Waals surface area contributed by atoms with Crippen molar-refractivity contribution in [1.29, 1.82) is 0 Å². The molecule has 0 bridgehead atoms. The first-order valence-electron chi connectivity index (χ1n) is 8.61. The molecule has 1 saturated carbocycles.